The molecule has 0 spiro atoms. The van der Waals surface area contributed by atoms with Crippen molar-refractivity contribution in [2.24, 2.45) is 0 Å². The summed E-state index contributed by atoms with van der Waals surface area (Å²) in [5, 5.41) is 9.87. The number of nitrogens with zero attached hydrogens (tertiary/aromatic N) is 4. The Morgan fingerprint density at radius 2 is 1.88 bits per heavy atom. The fourth-order valence-corrected chi connectivity index (χ4v) is 3.40. The second-order valence-electron chi connectivity index (χ2n) is 6.75. The van der Waals surface area contributed by atoms with Crippen LogP contribution in [0.4, 0.5) is 11.8 Å². The number of anilines is 2. The monoisotopic (exact) mass is 356 g/mol. The van der Waals surface area contributed by atoms with Crippen LogP contribution in [-0.4, -0.2) is 60.6 Å². The summed E-state index contributed by atoms with van der Waals surface area (Å²) in [7, 11) is 1.64. The molecule has 7 heteroatoms. The molecular formula is C19H24N4O3. The number of benzene rings is 1. The number of para-hydroxylation sites is 2. The van der Waals surface area contributed by atoms with E-state index >= 15 is 0 Å². The largest absolute Gasteiger partial charge is 0.493 e. The van der Waals surface area contributed by atoms with Gasteiger partial charge in [-0.3, -0.25) is 0 Å². The van der Waals surface area contributed by atoms with Crippen LogP contribution in [0.5, 0.6) is 11.5 Å². The highest BCUT2D eigenvalue weighted by atomic mass is 16.5. The smallest absolute Gasteiger partial charge is 0.227 e. The minimum atomic E-state index is -0.273. The molecule has 1 unspecified atom stereocenters. The zero-order valence-electron chi connectivity index (χ0n) is 14.9. The molecule has 1 N–H and O–H groups in total. The van der Waals surface area contributed by atoms with E-state index in [1.807, 2.05) is 30.3 Å². The van der Waals surface area contributed by atoms with Gasteiger partial charge in [0.25, 0.3) is 0 Å². The van der Waals surface area contributed by atoms with Gasteiger partial charge in [-0.1, -0.05) is 12.1 Å². The summed E-state index contributed by atoms with van der Waals surface area (Å²) in [6, 6.07) is 9.58. The lowest BCUT2D eigenvalue weighted by atomic mass is 10.1. The molecule has 0 saturated carbocycles. The summed E-state index contributed by atoms with van der Waals surface area (Å²) in [6.45, 7) is 3.04. The number of aromatic nitrogens is 2. The van der Waals surface area contributed by atoms with Gasteiger partial charge in [0.15, 0.2) is 11.5 Å². The van der Waals surface area contributed by atoms with Gasteiger partial charge in [0.05, 0.1) is 26.3 Å². The van der Waals surface area contributed by atoms with Crippen LogP contribution in [0, 0.1) is 0 Å². The minimum Gasteiger partial charge on any atom is -0.493 e. The third-order valence-electron chi connectivity index (χ3n) is 4.84. The Kier molecular flexibility index (Phi) is 4.79. The molecule has 3 heterocycles. The molecule has 7 nitrogen and oxygen atoms in total. The Hall–Kier alpha value is -2.54. The van der Waals surface area contributed by atoms with E-state index in [-0.39, 0.29) is 12.2 Å². The molecule has 1 aromatic heterocycles. The van der Waals surface area contributed by atoms with Crippen LogP contribution in [0.15, 0.2) is 36.5 Å². The maximum atomic E-state index is 9.87. The summed E-state index contributed by atoms with van der Waals surface area (Å²) in [5.74, 6) is 3.09. The number of ether oxygens (including phenoxy) is 2. The van der Waals surface area contributed by atoms with E-state index in [4.69, 9.17) is 9.47 Å². The highest BCUT2D eigenvalue weighted by Crippen LogP contribution is 2.30. The highest BCUT2D eigenvalue weighted by molar-refractivity contribution is 5.46. The fraction of sp³-hybridized carbons (Fsp3) is 0.474. The number of aliphatic hydroxyl groups excluding tert-OH is 1. The van der Waals surface area contributed by atoms with Gasteiger partial charge in [0.2, 0.25) is 5.95 Å². The maximum absolute atomic E-state index is 9.87. The fourth-order valence-electron chi connectivity index (χ4n) is 3.40. The SMILES string of the molecule is COc1ccccc1OC1CN(c2nccc(N3CCCC(O)C3)n2)C1. The van der Waals surface area contributed by atoms with Crippen LogP contribution >= 0.6 is 0 Å². The van der Waals surface area contributed by atoms with Crippen LogP contribution in [0.3, 0.4) is 0 Å². The predicted molar refractivity (Wildman–Crippen MR) is 99.1 cm³/mol. The molecule has 2 aliphatic heterocycles. The molecule has 1 aromatic carbocycles. The average Bonchev–Trinajstić information content (AvgIpc) is 2.65. The van der Waals surface area contributed by atoms with E-state index in [1.54, 1.807) is 13.3 Å². The number of methoxy groups -OCH3 is 1. The van der Waals surface area contributed by atoms with Crippen molar-refractivity contribution in [3.8, 4) is 11.5 Å². The van der Waals surface area contributed by atoms with E-state index in [2.05, 4.69) is 19.8 Å². The minimum absolute atomic E-state index is 0.0929. The van der Waals surface area contributed by atoms with Gasteiger partial charge < -0.3 is 24.4 Å². The van der Waals surface area contributed by atoms with Gasteiger partial charge in [-0.25, -0.2) is 4.98 Å². The Bertz CT molecular complexity index is 751. The molecule has 2 aliphatic rings. The summed E-state index contributed by atoms with van der Waals surface area (Å²) in [6.07, 6.45) is 3.45. The van der Waals surface area contributed by atoms with E-state index in [0.29, 0.717) is 12.5 Å². The first-order chi connectivity index (χ1) is 12.7. The lowest BCUT2D eigenvalue weighted by molar-refractivity contribution is 0.153. The van der Waals surface area contributed by atoms with Gasteiger partial charge in [-0.15, -0.1) is 0 Å². The molecule has 2 aromatic rings. The molecular weight excluding hydrogens is 332 g/mol. The van der Waals surface area contributed by atoms with Gasteiger partial charge in [0.1, 0.15) is 11.9 Å². The summed E-state index contributed by atoms with van der Waals surface area (Å²) >= 11 is 0. The standard InChI is InChI=1S/C19H24N4O3/c1-25-16-6-2-3-7-17(16)26-15-12-23(13-15)19-20-9-8-18(21-19)22-10-4-5-14(24)11-22/h2-3,6-9,14-15,24H,4-5,10-13H2,1H3. The number of aliphatic hydroxyl groups is 1. The second-order valence-corrected chi connectivity index (χ2v) is 6.75. The third-order valence-corrected chi connectivity index (χ3v) is 4.84. The van der Waals surface area contributed by atoms with Gasteiger partial charge in [-0.05, 0) is 31.0 Å². The Morgan fingerprint density at radius 3 is 2.65 bits per heavy atom. The lowest BCUT2D eigenvalue weighted by Gasteiger charge is -2.39. The summed E-state index contributed by atoms with van der Waals surface area (Å²) in [5.41, 5.74) is 0. The molecule has 0 aliphatic carbocycles. The zero-order valence-corrected chi connectivity index (χ0v) is 14.9. The quantitative estimate of drug-likeness (QED) is 0.874. The van der Waals surface area contributed by atoms with E-state index in [0.717, 1.165) is 49.8 Å². The second kappa shape index (κ2) is 7.37. The van der Waals surface area contributed by atoms with Crippen molar-refractivity contribution >= 4 is 11.8 Å². The Balaban J connectivity index is 1.37. The number of hydrogen-bond acceptors (Lipinski definition) is 7. The van der Waals surface area contributed by atoms with Crippen molar-refractivity contribution in [3.05, 3.63) is 36.5 Å². The molecule has 2 saturated heterocycles. The van der Waals surface area contributed by atoms with Crippen LogP contribution in [-0.2, 0) is 0 Å². The first-order valence-electron chi connectivity index (χ1n) is 9.03. The predicted octanol–water partition coefficient (Wildman–Crippen LogP) is 1.71. The molecule has 1 atom stereocenters. The van der Waals surface area contributed by atoms with E-state index < -0.39 is 0 Å². The average molecular weight is 356 g/mol. The molecule has 0 radical (unpaired) electrons. The number of piperidine rings is 1. The number of β-amino-alcohol motifs (C(OH)–C–C–N with tert-alkyl or cyclic N) is 1. The summed E-state index contributed by atoms with van der Waals surface area (Å²) in [4.78, 5) is 13.3. The topological polar surface area (TPSA) is 71.0 Å². The first-order valence-corrected chi connectivity index (χ1v) is 9.03. The van der Waals surface area contributed by atoms with Crippen molar-refractivity contribution in [1.29, 1.82) is 0 Å². The van der Waals surface area contributed by atoms with Crippen molar-refractivity contribution in [2.75, 3.05) is 43.1 Å². The van der Waals surface area contributed by atoms with Crippen molar-refractivity contribution in [1.82, 2.24) is 9.97 Å². The van der Waals surface area contributed by atoms with Gasteiger partial charge in [0, 0.05) is 19.3 Å². The number of rotatable bonds is 5. The Morgan fingerprint density at radius 1 is 1.08 bits per heavy atom. The van der Waals surface area contributed by atoms with Crippen molar-refractivity contribution < 1.29 is 14.6 Å². The molecule has 26 heavy (non-hydrogen) atoms. The van der Waals surface area contributed by atoms with Crippen molar-refractivity contribution in [3.63, 3.8) is 0 Å². The molecule has 0 amide bonds. The molecule has 0 bridgehead atoms. The molecule has 2 fully saturated rings. The normalized spacial score (nSPS) is 20.6. The maximum Gasteiger partial charge on any atom is 0.227 e. The van der Waals surface area contributed by atoms with E-state index in [9.17, 15) is 5.11 Å². The van der Waals surface area contributed by atoms with Crippen LogP contribution < -0.4 is 19.3 Å². The molecule has 138 valence electrons. The third kappa shape index (κ3) is 3.53. The van der Waals surface area contributed by atoms with Crippen LogP contribution in [0.25, 0.3) is 0 Å². The first kappa shape index (κ1) is 16.9. The number of hydrogen-bond donors (Lipinski definition) is 1. The van der Waals surface area contributed by atoms with Gasteiger partial charge >= 0.3 is 0 Å². The van der Waals surface area contributed by atoms with Crippen molar-refractivity contribution in [2.45, 2.75) is 25.0 Å². The zero-order chi connectivity index (χ0) is 17.9. The molecule has 4 rings (SSSR count). The summed E-state index contributed by atoms with van der Waals surface area (Å²) < 4.78 is 11.3. The van der Waals surface area contributed by atoms with Crippen LogP contribution in [0.2, 0.25) is 0 Å². The van der Waals surface area contributed by atoms with Crippen LogP contribution in [0.1, 0.15) is 12.8 Å². The lowest BCUT2D eigenvalue weighted by Crippen LogP contribution is -2.54. The van der Waals surface area contributed by atoms with E-state index in [1.165, 1.54) is 0 Å². The highest BCUT2D eigenvalue weighted by Gasteiger charge is 2.31. The van der Waals surface area contributed by atoms with Gasteiger partial charge in [-0.2, -0.15) is 4.98 Å². The Labute approximate surface area is 153 Å².